The highest BCUT2D eigenvalue weighted by molar-refractivity contribution is 5.75. The van der Waals surface area contributed by atoms with Gasteiger partial charge in [0.15, 0.2) is 0 Å². The first-order valence-corrected chi connectivity index (χ1v) is 9.90. The van der Waals surface area contributed by atoms with Gasteiger partial charge in [-0.1, -0.05) is 18.2 Å². The molecule has 1 aromatic carbocycles. The van der Waals surface area contributed by atoms with Crippen LogP contribution in [0.2, 0.25) is 0 Å². The van der Waals surface area contributed by atoms with E-state index in [1.807, 2.05) is 0 Å². The normalized spacial score (nSPS) is 16.0. The molecular weight excluding hydrogens is 405 g/mol. The first-order chi connectivity index (χ1) is 15.1. The van der Waals surface area contributed by atoms with E-state index in [0.717, 1.165) is 18.4 Å². The van der Waals surface area contributed by atoms with Crippen molar-refractivity contribution in [3.8, 4) is 11.5 Å². The third-order valence-electron chi connectivity index (χ3n) is 4.90. The van der Waals surface area contributed by atoms with Crippen molar-refractivity contribution in [2.24, 2.45) is 0 Å². The van der Waals surface area contributed by atoms with Gasteiger partial charge in [0.05, 0.1) is 18.8 Å². The Bertz CT molecular complexity index is 1060. The smallest absolute Gasteiger partial charge is 0.350 e. The van der Waals surface area contributed by atoms with Crippen LogP contribution >= 0.6 is 0 Å². The van der Waals surface area contributed by atoms with Crippen molar-refractivity contribution >= 4 is 11.9 Å². The number of carbonyl (C=O) groups is 1. The molecule has 3 aromatic rings. The van der Waals surface area contributed by atoms with E-state index in [-0.39, 0.29) is 18.5 Å². The topological polar surface area (TPSA) is 112 Å². The molecule has 2 heterocycles. The van der Waals surface area contributed by atoms with Crippen molar-refractivity contribution < 1.29 is 23.1 Å². The Labute approximate surface area is 178 Å². The molecule has 4 rings (SSSR count). The number of rotatable bonds is 8. The van der Waals surface area contributed by atoms with E-state index < -0.39 is 18.0 Å². The molecule has 0 saturated carbocycles. The minimum Gasteiger partial charge on any atom is -0.463 e. The Morgan fingerprint density at radius 2 is 2.03 bits per heavy atom. The maximum Gasteiger partial charge on any atom is 0.350 e. The first kappa shape index (κ1) is 20.9. The zero-order chi connectivity index (χ0) is 21.8. The quantitative estimate of drug-likeness (QED) is 0.542. The molecule has 0 bridgehead atoms. The Morgan fingerprint density at radius 1 is 1.26 bits per heavy atom. The van der Waals surface area contributed by atoms with Gasteiger partial charge in [0, 0.05) is 25.5 Å². The number of esters is 1. The summed E-state index contributed by atoms with van der Waals surface area (Å²) in [5.74, 6) is -1.05. The lowest BCUT2D eigenvalue weighted by Gasteiger charge is -2.11. The molecule has 162 valence electrons. The van der Waals surface area contributed by atoms with Gasteiger partial charge >= 0.3 is 5.97 Å². The van der Waals surface area contributed by atoms with Gasteiger partial charge in [0.1, 0.15) is 0 Å². The molecule has 2 aromatic heterocycles. The summed E-state index contributed by atoms with van der Waals surface area (Å²) >= 11 is 0. The summed E-state index contributed by atoms with van der Waals surface area (Å²) in [5, 5.41) is 10.7. The van der Waals surface area contributed by atoms with E-state index in [0.29, 0.717) is 18.1 Å². The molecule has 0 spiro atoms. The van der Waals surface area contributed by atoms with E-state index in [4.69, 9.17) is 9.15 Å². The van der Waals surface area contributed by atoms with Crippen LogP contribution in [0.25, 0.3) is 11.5 Å². The van der Waals surface area contributed by atoms with Crippen molar-refractivity contribution in [1.82, 2.24) is 20.2 Å². The van der Waals surface area contributed by atoms with Crippen molar-refractivity contribution in [2.75, 3.05) is 19.0 Å². The van der Waals surface area contributed by atoms with E-state index in [2.05, 4.69) is 48.4 Å². The van der Waals surface area contributed by atoms with Crippen LogP contribution in [0.5, 0.6) is 0 Å². The second-order valence-corrected chi connectivity index (χ2v) is 7.14. The largest absolute Gasteiger partial charge is 0.463 e. The summed E-state index contributed by atoms with van der Waals surface area (Å²) in [6.07, 6.45) is 2.63. The molecule has 0 fully saturated rings. The zero-order valence-electron chi connectivity index (χ0n) is 17.2. The van der Waals surface area contributed by atoms with E-state index in [1.54, 1.807) is 14.0 Å². The number of fused-ring (bicyclic) bond motifs is 1. The average Bonchev–Trinajstić information content (AvgIpc) is 3.41. The fourth-order valence-electron chi connectivity index (χ4n) is 3.50. The maximum atomic E-state index is 14.0. The SMILES string of the molecule is CCOC(=O)C(F)c1nnc(-c2cnc(NC3Cc4ccc(COC)cc4C3)nc2)o1. The Balaban J connectivity index is 1.38. The van der Waals surface area contributed by atoms with Gasteiger partial charge in [-0.2, -0.15) is 0 Å². The molecule has 1 N–H and O–H groups in total. The van der Waals surface area contributed by atoms with E-state index in [1.165, 1.54) is 23.5 Å². The number of carbonyl (C=O) groups excluding carboxylic acids is 1. The highest BCUT2D eigenvalue weighted by Crippen LogP contribution is 2.26. The molecule has 0 saturated heterocycles. The van der Waals surface area contributed by atoms with Crippen LogP contribution in [0.1, 0.15) is 35.7 Å². The molecular formula is C21H22FN5O4. The molecule has 10 heteroatoms. The van der Waals surface area contributed by atoms with Gasteiger partial charge in [0.25, 0.3) is 18.0 Å². The molecule has 1 aliphatic rings. The number of benzene rings is 1. The van der Waals surface area contributed by atoms with Gasteiger partial charge in [-0.25, -0.2) is 19.2 Å². The lowest BCUT2D eigenvalue weighted by molar-refractivity contribution is -0.150. The fourth-order valence-corrected chi connectivity index (χ4v) is 3.50. The molecule has 0 radical (unpaired) electrons. The lowest BCUT2D eigenvalue weighted by atomic mass is 10.1. The van der Waals surface area contributed by atoms with Gasteiger partial charge in [-0.3, -0.25) is 0 Å². The summed E-state index contributed by atoms with van der Waals surface area (Å²) in [6, 6.07) is 6.58. The number of alkyl halides is 1. The van der Waals surface area contributed by atoms with Crippen molar-refractivity contribution in [3.05, 3.63) is 53.2 Å². The third kappa shape index (κ3) is 4.69. The summed E-state index contributed by atoms with van der Waals surface area (Å²) in [4.78, 5) is 20.1. The predicted molar refractivity (Wildman–Crippen MR) is 108 cm³/mol. The molecule has 2 unspecified atom stereocenters. The highest BCUT2D eigenvalue weighted by atomic mass is 19.1. The number of ether oxygens (including phenoxy) is 2. The van der Waals surface area contributed by atoms with Crippen LogP contribution in [0, 0.1) is 0 Å². The van der Waals surface area contributed by atoms with Gasteiger partial charge in [-0.05, 0) is 36.5 Å². The van der Waals surface area contributed by atoms with Crippen LogP contribution in [0.4, 0.5) is 10.3 Å². The molecule has 9 nitrogen and oxygen atoms in total. The molecule has 0 amide bonds. The van der Waals surface area contributed by atoms with Crippen LogP contribution in [-0.2, 0) is 33.7 Å². The summed E-state index contributed by atoms with van der Waals surface area (Å²) in [7, 11) is 1.68. The number of hydrogen-bond acceptors (Lipinski definition) is 9. The number of aromatic nitrogens is 4. The predicted octanol–water partition coefficient (Wildman–Crippen LogP) is 2.83. The van der Waals surface area contributed by atoms with Gasteiger partial charge in [0.2, 0.25) is 5.95 Å². The Morgan fingerprint density at radius 3 is 2.77 bits per heavy atom. The molecule has 2 atom stereocenters. The minimum atomic E-state index is -2.13. The third-order valence-corrected chi connectivity index (χ3v) is 4.90. The van der Waals surface area contributed by atoms with Crippen LogP contribution < -0.4 is 5.32 Å². The average molecular weight is 427 g/mol. The van der Waals surface area contributed by atoms with Crippen LogP contribution in [0.15, 0.2) is 35.0 Å². The number of nitrogens with one attached hydrogen (secondary N) is 1. The standard InChI is InChI=1S/C21H22FN5O4/c1-3-30-20(28)17(22)19-27-26-18(31-19)15-9-23-21(24-10-15)25-16-7-13-5-4-12(11-29-2)6-14(13)8-16/h4-6,9-10,16-17H,3,7-8,11H2,1-2H3,(H,23,24,25). The fraction of sp³-hybridized carbons (Fsp3) is 0.381. The minimum absolute atomic E-state index is 0.0208. The maximum absolute atomic E-state index is 14.0. The molecule has 31 heavy (non-hydrogen) atoms. The van der Waals surface area contributed by atoms with Gasteiger partial charge < -0.3 is 19.2 Å². The van der Waals surface area contributed by atoms with Gasteiger partial charge in [-0.15, -0.1) is 10.2 Å². The summed E-state index contributed by atoms with van der Waals surface area (Å²) in [6.45, 7) is 2.24. The van der Waals surface area contributed by atoms with E-state index >= 15 is 0 Å². The highest BCUT2D eigenvalue weighted by Gasteiger charge is 2.28. The van der Waals surface area contributed by atoms with Crippen LogP contribution in [0.3, 0.4) is 0 Å². The van der Waals surface area contributed by atoms with Crippen molar-refractivity contribution in [1.29, 1.82) is 0 Å². The first-order valence-electron chi connectivity index (χ1n) is 9.90. The lowest BCUT2D eigenvalue weighted by Crippen LogP contribution is -2.20. The zero-order valence-corrected chi connectivity index (χ0v) is 17.2. The van der Waals surface area contributed by atoms with Crippen LogP contribution in [-0.4, -0.2) is 45.9 Å². The van der Waals surface area contributed by atoms with Crippen molar-refractivity contribution in [2.45, 2.75) is 38.6 Å². The second kappa shape index (κ2) is 9.17. The number of methoxy groups -OCH3 is 1. The number of anilines is 1. The Kier molecular flexibility index (Phi) is 6.17. The second-order valence-electron chi connectivity index (χ2n) is 7.14. The summed E-state index contributed by atoms with van der Waals surface area (Å²) in [5.41, 5.74) is 4.17. The Hall–Kier alpha value is -3.40. The summed E-state index contributed by atoms with van der Waals surface area (Å²) < 4.78 is 29.0. The van der Waals surface area contributed by atoms with E-state index in [9.17, 15) is 9.18 Å². The molecule has 1 aliphatic carbocycles. The number of halogens is 1. The van der Waals surface area contributed by atoms with Crippen molar-refractivity contribution in [3.63, 3.8) is 0 Å². The monoisotopic (exact) mass is 427 g/mol. The molecule has 0 aliphatic heterocycles. The number of nitrogens with zero attached hydrogens (tertiary/aromatic N) is 4. The number of hydrogen-bond donors (Lipinski definition) is 1.